The van der Waals surface area contributed by atoms with E-state index in [9.17, 15) is 9.59 Å². The number of esters is 2. The zero-order valence-electron chi connectivity index (χ0n) is 11.0. The monoisotopic (exact) mass is 270 g/mol. The summed E-state index contributed by atoms with van der Waals surface area (Å²) in [5, 5.41) is 0. The second-order valence-electron chi connectivity index (χ2n) is 3.93. The molecular formula is C13H18O6. The number of hydrogen-bond acceptors (Lipinski definition) is 6. The van der Waals surface area contributed by atoms with Crippen LogP contribution in [0.25, 0.3) is 0 Å². The van der Waals surface area contributed by atoms with E-state index in [1.807, 2.05) is 0 Å². The van der Waals surface area contributed by atoms with Crippen LogP contribution in [0.4, 0.5) is 0 Å². The Balaban J connectivity index is 2.62. The number of ether oxygens (including phenoxy) is 4. The van der Waals surface area contributed by atoms with Gasteiger partial charge in [0.25, 0.3) is 0 Å². The van der Waals surface area contributed by atoms with E-state index in [1.165, 1.54) is 13.8 Å². The van der Waals surface area contributed by atoms with E-state index in [-0.39, 0.29) is 6.61 Å². The van der Waals surface area contributed by atoms with Gasteiger partial charge in [-0.3, -0.25) is 9.59 Å². The highest BCUT2D eigenvalue weighted by Crippen LogP contribution is 2.17. The Hall–Kier alpha value is -1.66. The van der Waals surface area contributed by atoms with Crippen LogP contribution in [0.3, 0.4) is 0 Å². The smallest absolute Gasteiger partial charge is 0.303 e. The predicted molar refractivity (Wildman–Crippen MR) is 66.1 cm³/mol. The van der Waals surface area contributed by atoms with Crippen LogP contribution in [-0.4, -0.2) is 43.7 Å². The number of hydrogen-bond donors (Lipinski definition) is 0. The fraction of sp³-hybridized carbons (Fsp3) is 0.538. The van der Waals surface area contributed by atoms with Crippen molar-refractivity contribution in [2.45, 2.75) is 32.3 Å². The van der Waals surface area contributed by atoms with E-state index < -0.39 is 30.4 Å². The summed E-state index contributed by atoms with van der Waals surface area (Å²) in [6.45, 7) is 6.45. The van der Waals surface area contributed by atoms with Gasteiger partial charge < -0.3 is 18.9 Å². The van der Waals surface area contributed by atoms with Gasteiger partial charge in [0.2, 0.25) is 0 Å². The minimum Gasteiger partial charge on any atom is -0.463 e. The molecule has 0 aromatic rings. The molecule has 0 N–H and O–H groups in total. The van der Waals surface area contributed by atoms with Crippen LogP contribution in [0.5, 0.6) is 0 Å². The van der Waals surface area contributed by atoms with E-state index in [2.05, 4.69) is 6.58 Å². The highest BCUT2D eigenvalue weighted by molar-refractivity contribution is 5.66. The van der Waals surface area contributed by atoms with Crippen LogP contribution in [-0.2, 0) is 28.5 Å². The Kier molecular flexibility index (Phi) is 6.24. The third-order valence-electron chi connectivity index (χ3n) is 2.26. The molecule has 0 saturated carbocycles. The van der Waals surface area contributed by atoms with E-state index in [1.54, 1.807) is 18.2 Å². The molecular weight excluding hydrogens is 252 g/mol. The van der Waals surface area contributed by atoms with Gasteiger partial charge in [0, 0.05) is 13.8 Å². The fourth-order valence-corrected chi connectivity index (χ4v) is 1.52. The first-order valence-electron chi connectivity index (χ1n) is 5.89. The summed E-state index contributed by atoms with van der Waals surface area (Å²) >= 11 is 0. The molecule has 0 saturated heterocycles. The first kappa shape index (κ1) is 15.4. The normalized spacial score (nSPS) is 25.7. The number of rotatable bonds is 6. The zero-order valence-corrected chi connectivity index (χ0v) is 11.0. The van der Waals surface area contributed by atoms with Gasteiger partial charge in [-0.15, -0.1) is 6.58 Å². The molecule has 6 nitrogen and oxygen atoms in total. The Morgan fingerprint density at radius 3 is 2.63 bits per heavy atom. The Labute approximate surface area is 112 Å². The van der Waals surface area contributed by atoms with Gasteiger partial charge in [0.15, 0.2) is 6.29 Å². The highest BCUT2D eigenvalue weighted by atomic mass is 16.7. The van der Waals surface area contributed by atoms with Crippen molar-refractivity contribution in [3.05, 3.63) is 24.8 Å². The lowest BCUT2D eigenvalue weighted by Crippen LogP contribution is -2.42. The van der Waals surface area contributed by atoms with Gasteiger partial charge in [-0.25, -0.2) is 0 Å². The molecule has 1 aliphatic rings. The summed E-state index contributed by atoms with van der Waals surface area (Å²) < 4.78 is 20.8. The van der Waals surface area contributed by atoms with Gasteiger partial charge in [0.1, 0.15) is 18.8 Å². The van der Waals surface area contributed by atoms with Crippen LogP contribution in [0.1, 0.15) is 13.8 Å². The summed E-state index contributed by atoms with van der Waals surface area (Å²) in [6.07, 6.45) is 3.13. The average Bonchev–Trinajstić information content (AvgIpc) is 2.35. The van der Waals surface area contributed by atoms with Crippen molar-refractivity contribution in [3.8, 4) is 0 Å². The quantitative estimate of drug-likeness (QED) is 0.529. The van der Waals surface area contributed by atoms with Gasteiger partial charge >= 0.3 is 11.9 Å². The lowest BCUT2D eigenvalue weighted by Gasteiger charge is -2.31. The second kappa shape index (κ2) is 7.70. The van der Waals surface area contributed by atoms with Crippen LogP contribution in [0.2, 0.25) is 0 Å². The second-order valence-corrected chi connectivity index (χ2v) is 3.93. The minimum absolute atomic E-state index is 0.00836. The molecule has 0 bridgehead atoms. The summed E-state index contributed by atoms with van der Waals surface area (Å²) in [5.74, 6) is -0.861. The van der Waals surface area contributed by atoms with Crippen molar-refractivity contribution < 1.29 is 28.5 Å². The van der Waals surface area contributed by atoms with E-state index in [4.69, 9.17) is 18.9 Å². The van der Waals surface area contributed by atoms with Gasteiger partial charge in [0.05, 0.1) is 6.61 Å². The van der Waals surface area contributed by atoms with Crippen molar-refractivity contribution in [2.75, 3.05) is 13.2 Å². The van der Waals surface area contributed by atoms with Crippen molar-refractivity contribution in [3.63, 3.8) is 0 Å². The molecule has 3 atom stereocenters. The van der Waals surface area contributed by atoms with Gasteiger partial charge in [-0.1, -0.05) is 6.08 Å². The maximum Gasteiger partial charge on any atom is 0.303 e. The average molecular weight is 270 g/mol. The summed E-state index contributed by atoms with van der Waals surface area (Å²) in [7, 11) is 0. The molecule has 106 valence electrons. The first-order valence-corrected chi connectivity index (χ1v) is 5.89. The molecule has 0 fully saturated rings. The Morgan fingerprint density at radius 2 is 2.05 bits per heavy atom. The summed E-state index contributed by atoms with van der Waals surface area (Å²) in [4.78, 5) is 21.8. The molecule has 1 heterocycles. The molecule has 0 spiro atoms. The van der Waals surface area contributed by atoms with Crippen LogP contribution < -0.4 is 0 Å². The van der Waals surface area contributed by atoms with Gasteiger partial charge in [-0.05, 0) is 12.2 Å². The standard InChI is InChI=1S/C13H18O6/c1-4-7-16-13-6-5-11(18-10(3)15)12(19-13)8-17-9(2)14/h4-6,11-13H,1,7-8H2,2-3H3/t11-,12+,13+/m0/s1. The van der Waals surface area contributed by atoms with Crippen molar-refractivity contribution >= 4 is 11.9 Å². The molecule has 0 aliphatic carbocycles. The number of carbonyl (C=O) groups is 2. The predicted octanol–water partition coefficient (Wildman–Crippen LogP) is 0.965. The maximum absolute atomic E-state index is 11.0. The molecule has 0 radical (unpaired) electrons. The summed E-state index contributed by atoms with van der Waals surface area (Å²) in [6, 6.07) is 0. The molecule has 0 unspecified atom stereocenters. The first-order chi connectivity index (χ1) is 9.02. The lowest BCUT2D eigenvalue weighted by atomic mass is 10.1. The molecule has 19 heavy (non-hydrogen) atoms. The third kappa shape index (κ3) is 5.67. The van der Waals surface area contributed by atoms with Gasteiger partial charge in [-0.2, -0.15) is 0 Å². The van der Waals surface area contributed by atoms with Crippen LogP contribution in [0, 0.1) is 0 Å². The molecule has 0 amide bonds. The highest BCUT2D eigenvalue weighted by Gasteiger charge is 2.30. The molecule has 1 aliphatic heterocycles. The molecule has 0 aromatic carbocycles. The Morgan fingerprint density at radius 1 is 1.32 bits per heavy atom. The van der Waals surface area contributed by atoms with Crippen molar-refractivity contribution in [2.24, 2.45) is 0 Å². The molecule has 1 rings (SSSR count). The van der Waals surface area contributed by atoms with E-state index in [0.717, 1.165) is 0 Å². The van der Waals surface area contributed by atoms with Crippen LogP contribution >= 0.6 is 0 Å². The van der Waals surface area contributed by atoms with Crippen molar-refractivity contribution in [1.29, 1.82) is 0 Å². The largest absolute Gasteiger partial charge is 0.463 e. The maximum atomic E-state index is 11.0. The Bertz CT molecular complexity index is 362. The number of carbonyl (C=O) groups excluding carboxylic acids is 2. The third-order valence-corrected chi connectivity index (χ3v) is 2.26. The molecule has 0 aromatic heterocycles. The zero-order chi connectivity index (χ0) is 14.3. The minimum atomic E-state index is -0.597. The van der Waals surface area contributed by atoms with E-state index in [0.29, 0.717) is 6.61 Å². The molecule has 6 heteroatoms. The van der Waals surface area contributed by atoms with E-state index >= 15 is 0 Å². The lowest BCUT2D eigenvalue weighted by molar-refractivity contribution is -0.194. The SMILES string of the molecule is C=CCO[C@H]1C=C[C@H](OC(C)=O)[C@@H](COC(C)=O)O1. The fourth-order valence-electron chi connectivity index (χ4n) is 1.52. The van der Waals surface area contributed by atoms with Crippen LogP contribution in [0.15, 0.2) is 24.8 Å². The summed E-state index contributed by atoms with van der Waals surface area (Å²) in [5.41, 5.74) is 0. The topological polar surface area (TPSA) is 71.1 Å². The van der Waals surface area contributed by atoms with Crippen molar-refractivity contribution in [1.82, 2.24) is 0 Å².